The molecule has 0 radical (unpaired) electrons. The summed E-state index contributed by atoms with van der Waals surface area (Å²) in [5.74, 6) is 0. The van der Waals surface area contributed by atoms with Gasteiger partial charge in [0.1, 0.15) is 0 Å². The first-order chi connectivity index (χ1) is 13.8. The number of aromatic nitrogens is 1. The molecule has 2 aromatic carbocycles. The van der Waals surface area contributed by atoms with Crippen LogP contribution in [-0.2, 0) is 19.3 Å². The lowest BCUT2D eigenvalue weighted by molar-refractivity contribution is 0.587. The molecule has 28 heavy (non-hydrogen) atoms. The molecule has 4 rings (SSSR count). The molecule has 0 saturated heterocycles. The van der Waals surface area contributed by atoms with Crippen molar-refractivity contribution in [2.45, 2.75) is 71.1 Å². The smallest absolute Gasteiger partial charge is 0.0726 e. The Bertz CT molecular complexity index is 912. The van der Waals surface area contributed by atoms with Crippen molar-refractivity contribution in [1.29, 1.82) is 0 Å². The van der Waals surface area contributed by atoms with Crippen molar-refractivity contribution in [1.82, 2.24) is 4.98 Å². The van der Waals surface area contributed by atoms with Gasteiger partial charge in [0.15, 0.2) is 0 Å². The Balaban J connectivity index is 1.77. The summed E-state index contributed by atoms with van der Waals surface area (Å²) in [5, 5.41) is 5.03. The quantitative estimate of drug-likeness (QED) is 0.519. The average molecular weight is 373 g/mol. The van der Waals surface area contributed by atoms with Gasteiger partial charge in [-0.2, -0.15) is 0 Å². The molecule has 1 heterocycles. The van der Waals surface area contributed by atoms with Crippen LogP contribution in [0.25, 0.3) is 10.9 Å². The van der Waals surface area contributed by atoms with Crippen molar-refractivity contribution < 1.29 is 0 Å². The normalized spacial score (nSPS) is 15.6. The molecule has 0 aliphatic heterocycles. The number of para-hydroxylation sites is 1. The molecule has 0 atom stereocenters. The van der Waals surface area contributed by atoms with E-state index in [-0.39, 0.29) is 0 Å². The fourth-order valence-corrected chi connectivity index (χ4v) is 4.37. The van der Waals surface area contributed by atoms with E-state index < -0.39 is 0 Å². The van der Waals surface area contributed by atoms with Crippen LogP contribution in [0.3, 0.4) is 0 Å². The summed E-state index contributed by atoms with van der Waals surface area (Å²) in [6, 6.07) is 17.5. The van der Waals surface area contributed by atoms with Gasteiger partial charge in [-0.15, -0.1) is 0 Å². The van der Waals surface area contributed by atoms with E-state index in [1.807, 2.05) is 0 Å². The number of fused-ring (bicyclic) bond motifs is 2. The third-order valence-electron chi connectivity index (χ3n) is 6.05. The number of nitrogens with one attached hydrogen (secondary N) is 1. The Hall–Kier alpha value is -2.35. The van der Waals surface area contributed by atoms with Crippen molar-refractivity contribution in [3.8, 4) is 0 Å². The summed E-state index contributed by atoms with van der Waals surface area (Å²) in [7, 11) is 0. The summed E-state index contributed by atoms with van der Waals surface area (Å²) < 4.78 is 0. The molecule has 0 unspecified atom stereocenters. The topological polar surface area (TPSA) is 24.9 Å². The van der Waals surface area contributed by atoms with Crippen LogP contribution in [-0.4, -0.2) is 4.98 Å². The Labute approximate surface area is 169 Å². The lowest BCUT2D eigenvalue weighted by Crippen LogP contribution is -2.06. The van der Waals surface area contributed by atoms with E-state index in [0.29, 0.717) is 0 Å². The van der Waals surface area contributed by atoms with Crippen LogP contribution < -0.4 is 5.32 Å². The van der Waals surface area contributed by atoms with Gasteiger partial charge >= 0.3 is 0 Å². The van der Waals surface area contributed by atoms with Gasteiger partial charge < -0.3 is 5.32 Å². The first-order valence-electron chi connectivity index (χ1n) is 11.1. The minimum atomic E-state index is 1.08. The van der Waals surface area contributed by atoms with Gasteiger partial charge in [0.2, 0.25) is 0 Å². The van der Waals surface area contributed by atoms with Crippen molar-refractivity contribution in [2.75, 3.05) is 5.32 Å². The van der Waals surface area contributed by atoms with Crippen molar-refractivity contribution in [2.24, 2.45) is 0 Å². The van der Waals surface area contributed by atoms with Crippen LogP contribution in [0.4, 0.5) is 11.4 Å². The lowest BCUT2D eigenvalue weighted by atomic mass is 9.97. The molecule has 1 aliphatic carbocycles. The Kier molecular flexibility index (Phi) is 6.26. The van der Waals surface area contributed by atoms with E-state index in [2.05, 4.69) is 60.8 Å². The van der Waals surface area contributed by atoms with E-state index in [9.17, 15) is 0 Å². The monoisotopic (exact) mass is 372 g/mol. The van der Waals surface area contributed by atoms with Gasteiger partial charge in [0, 0.05) is 16.8 Å². The minimum Gasteiger partial charge on any atom is -0.355 e. The molecule has 0 spiro atoms. The van der Waals surface area contributed by atoms with Crippen molar-refractivity contribution >= 4 is 22.3 Å². The molecule has 0 fully saturated rings. The van der Waals surface area contributed by atoms with Crippen LogP contribution >= 0.6 is 0 Å². The third-order valence-corrected chi connectivity index (χ3v) is 6.05. The van der Waals surface area contributed by atoms with Gasteiger partial charge in [0.25, 0.3) is 0 Å². The van der Waals surface area contributed by atoms with E-state index in [1.165, 1.54) is 78.5 Å². The number of pyridine rings is 1. The number of aryl methyl sites for hydroxylation is 2. The van der Waals surface area contributed by atoms with Gasteiger partial charge in [-0.3, -0.25) is 4.98 Å². The Morgan fingerprint density at radius 3 is 2.21 bits per heavy atom. The molecular formula is C26H32N2. The maximum Gasteiger partial charge on any atom is 0.0726 e. The highest BCUT2D eigenvalue weighted by Gasteiger charge is 2.16. The molecule has 1 N–H and O–H groups in total. The second-order valence-corrected chi connectivity index (χ2v) is 8.08. The number of hydrogen-bond donors (Lipinski definition) is 1. The van der Waals surface area contributed by atoms with Crippen molar-refractivity contribution in [3.63, 3.8) is 0 Å². The average Bonchev–Trinajstić information content (AvgIpc) is 2.79. The molecule has 0 saturated carbocycles. The van der Waals surface area contributed by atoms with Gasteiger partial charge in [-0.1, -0.05) is 69.4 Å². The Morgan fingerprint density at radius 1 is 0.786 bits per heavy atom. The Morgan fingerprint density at radius 2 is 1.46 bits per heavy atom. The first kappa shape index (κ1) is 19.0. The summed E-state index contributed by atoms with van der Waals surface area (Å²) in [6.07, 6.45) is 12.6. The zero-order valence-electron chi connectivity index (χ0n) is 17.1. The fraction of sp³-hybridized carbons (Fsp3) is 0.423. The standard InChI is InChI=1S/C26H32N2/c1-2-20-16-18-21(19-17-20)27-26-22-12-8-6-4-3-5-7-9-14-24(22)28-25-15-11-10-13-23(25)26/h10-11,13,15-19H,2-9,12,14H2,1H3,(H,27,28). The van der Waals surface area contributed by atoms with Crippen LogP contribution in [0, 0.1) is 0 Å². The molecule has 1 aromatic heterocycles. The second kappa shape index (κ2) is 9.23. The lowest BCUT2D eigenvalue weighted by Gasteiger charge is -2.19. The van der Waals surface area contributed by atoms with E-state index >= 15 is 0 Å². The SMILES string of the molecule is CCc1ccc(Nc2c3c(nc4ccccc24)CCCCCCCCC3)cc1. The highest BCUT2D eigenvalue weighted by Crippen LogP contribution is 2.34. The predicted octanol–water partition coefficient (Wildman–Crippen LogP) is 7.37. The van der Waals surface area contributed by atoms with Gasteiger partial charge in [0.05, 0.1) is 11.2 Å². The molecular weight excluding hydrogens is 340 g/mol. The fourth-order valence-electron chi connectivity index (χ4n) is 4.37. The summed E-state index contributed by atoms with van der Waals surface area (Å²) >= 11 is 0. The van der Waals surface area contributed by atoms with Crippen LogP contribution in [0.15, 0.2) is 48.5 Å². The summed E-state index contributed by atoms with van der Waals surface area (Å²) in [6.45, 7) is 2.20. The molecule has 2 nitrogen and oxygen atoms in total. The summed E-state index contributed by atoms with van der Waals surface area (Å²) in [4.78, 5) is 5.11. The van der Waals surface area contributed by atoms with Crippen LogP contribution in [0.1, 0.15) is 68.7 Å². The van der Waals surface area contributed by atoms with E-state index in [0.717, 1.165) is 24.8 Å². The molecule has 2 heteroatoms. The minimum absolute atomic E-state index is 1.08. The maximum atomic E-state index is 5.11. The first-order valence-corrected chi connectivity index (χ1v) is 11.1. The van der Waals surface area contributed by atoms with Gasteiger partial charge in [-0.25, -0.2) is 0 Å². The number of benzene rings is 2. The zero-order valence-corrected chi connectivity index (χ0v) is 17.1. The highest BCUT2D eigenvalue weighted by molar-refractivity contribution is 5.95. The summed E-state index contributed by atoms with van der Waals surface area (Å²) in [5.41, 5.74) is 7.70. The molecule has 146 valence electrons. The number of anilines is 2. The number of rotatable bonds is 3. The third kappa shape index (κ3) is 4.38. The molecule has 0 amide bonds. The van der Waals surface area contributed by atoms with Crippen molar-refractivity contribution in [3.05, 3.63) is 65.4 Å². The van der Waals surface area contributed by atoms with Crippen LogP contribution in [0.2, 0.25) is 0 Å². The number of nitrogens with zero attached hydrogens (tertiary/aromatic N) is 1. The largest absolute Gasteiger partial charge is 0.355 e. The van der Waals surface area contributed by atoms with E-state index in [4.69, 9.17) is 4.98 Å². The zero-order chi connectivity index (χ0) is 19.2. The van der Waals surface area contributed by atoms with E-state index in [1.54, 1.807) is 0 Å². The second-order valence-electron chi connectivity index (χ2n) is 8.08. The van der Waals surface area contributed by atoms with Crippen LogP contribution in [0.5, 0.6) is 0 Å². The van der Waals surface area contributed by atoms with Gasteiger partial charge in [-0.05, 0) is 61.4 Å². The highest BCUT2D eigenvalue weighted by atomic mass is 14.9. The molecule has 1 aliphatic rings. The molecule has 0 bridgehead atoms. The number of hydrogen-bond acceptors (Lipinski definition) is 2. The maximum absolute atomic E-state index is 5.11. The predicted molar refractivity (Wildman–Crippen MR) is 121 cm³/mol. The molecule has 3 aromatic rings.